The van der Waals surface area contributed by atoms with E-state index in [-0.39, 0.29) is 0 Å². The molecule has 0 amide bonds. The standard InChI is InChI=1S/C20H26N2O2/c1-3-24-20-7-5-4-6-19(20)22-14-12-21(13-15-22)16-17-8-10-18(23-2)11-9-17/h4-11H,3,12-16H2,1-2H3/p+1. The second-order valence-electron chi connectivity index (χ2n) is 6.16. The summed E-state index contributed by atoms with van der Waals surface area (Å²) in [5.74, 6) is 1.92. The number of methoxy groups -OCH3 is 1. The summed E-state index contributed by atoms with van der Waals surface area (Å²) in [6.07, 6.45) is 0. The van der Waals surface area contributed by atoms with Crippen molar-refractivity contribution in [3.63, 3.8) is 0 Å². The molecule has 4 nitrogen and oxygen atoms in total. The smallest absolute Gasteiger partial charge is 0.142 e. The molecule has 0 saturated carbocycles. The monoisotopic (exact) mass is 327 g/mol. The maximum absolute atomic E-state index is 5.77. The van der Waals surface area contributed by atoms with Gasteiger partial charge in [0, 0.05) is 5.56 Å². The summed E-state index contributed by atoms with van der Waals surface area (Å²) in [6, 6.07) is 16.8. The van der Waals surface area contributed by atoms with E-state index in [0.717, 1.165) is 44.2 Å². The molecule has 0 unspecified atom stereocenters. The number of nitrogens with zero attached hydrogens (tertiary/aromatic N) is 1. The second-order valence-corrected chi connectivity index (χ2v) is 6.16. The molecule has 0 radical (unpaired) electrons. The summed E-state index contributed by atoms with van der Waals surface area (Å²) in [4.78, 5) is 4.08. The quantitative estimate of drug-likeness (QED) is 0.879. The topological polar surface area (TPSA) is 26.1 Å². The average Bonchev–Trinajstić information content (AvgIpc) is 2.64. The Morgan fingerprint density at radius 1 is 1.00 bits per heavy atom. The van der Waals surface area contributed by atoms with Gasteiger partial charge in [0.15, 0.2) is 0 Å². The lowest BCUT2D eigenvalue weighted by molar-refractivity contribution is -0.914. The van der Waals surface area contributed by atoms with Gasteiger partial charge in [-0.3, -0.25) is 0 Å². The molecule has 0 atom stereocenters. The van der Waals surface area contributed by atoms with Gasteiger partial charge in [0.1, 0.15) is 18.0 Å². The van der Waals surface area contributed by atoms with Gasteiger partial charge in [0.05, 0.1) is 45.6 Å². The second kappa shape index (κ2) is 8.06. The van der Waals surface area contributed by atoms with Crippen LogP contribution in [0.1, 0.15) is 12.5 Å². The minimum atomic E-state index is 0.708. The summed E-state index contributed by atoms with van der Waals surface area (Å²) in [5.41, 5.74) is 2.59. The van der Waals surface area contributed by atoms with E-state index in [4.69, 9.17) is 9.47 Å². The van der Waals surface area contributed by atoms with Gasteiger partial charge in [-0.1, -0.05) is 12.1 Å². The Bertz CT molecular complexity index is 634. The fourth-order valence-corrected chi connectivity index (χ4v) is 3.27. The summed E-state index contributed by atoms with van der Waals surface area (Å²) in [5, 5.41) is 0. The van der Waals surface area contributed by atoms with Crippen LogP contribution < -0.4 is 19.3 Å². The van der Waals surface area contributed by atoms with Crippen molar-refractivity contribution in [1.29, 1.82) is 0 Å². The van der Waals surface area contributed by atoms with E-state index in [1.807, 2.05) is 25.1 Å². The first-order chi connectivity index (χ1) is 11.8. The van der Waals surface area contributed by atoms with E-state index in [9.17, 15) is 0 Å². The number of rotatable bonds is 6. The Balaban J connectivity index is 1.57. The molecule has 2 aromatic rings. The molecule has 0 bridgehead atoms. The van der Waals surface area contributed by atoms with Gasteiger partial charge in [-0.15, -0.1) is 0 Å². The normalized spacial score (nSPS) is 15.3. The van der Waals surface area contributed by atoms with Crippen molar-refractivity contribution >= 4 is 5.69 Å². The highest BCUT2D eigenvalue weighted by Gasteiger charge is 2.22. The van der Waals surface area contributed by atoms with Gasteiger partial charge in [-0.2, -0.15) is 0 Å². The average molecular weight is 327 g/mol. The van der Waals surface area contributed by atoms with Crippen LogP contribution in [-0.4, -0.2) is 39.9 Å². The van der Waals surface area contributed by atoms with Crippen LogP contribution in [0.25, 0.3) is 0 Å². The van der Waals surface area contributed by atoms with Crippen LogP contribution >= 0.6 is 0 Å². The Labute approximate surface area is 144 Å². The van der Waals surface area contributed by atoms with Crippen molar-refractivity contribution in [2.45, 2.75) is 13.5 Å². The minimum Gasteiger partial charge on any atom is -0.497 e. The van der Waals surface area contributed by atoms with Crippen LogP contribution in [0.15, 0.2) is 48.5 Å². The molecule has 1 aliphatic heterocycles. The molecule has 4 heteroatoms. The fourth-order valence-electron chi connectivity index (χ4n) is 3.27. The fraction of sp³-hybridized carbons (Fsp3) is 0.400. The van der Waals surface area contributed by atoms with Crippen molar-refractivity contribution in [1.82, 2.24) is 0 Å². The molecule has 1 saturated heterocycles. The predicted molar refractivity (Wildman–Crippen MR) is 97.2 cm³/mol. The molecule has 0 aromatic heterocycles. The number of piperazine rings is 1. The molecular formula is C20H27N2O2+. The Kier molecular flexibility index (Phi) is 5.59. The molecule has 1 aliphatic rings. The maximum Gasteiger partial charge on any atom is 0.142 e. The lowest BCUT2D eigenvalue weighted by atomic mass is 10.1. The number of quaternary nitrogens is 1. The SMILES string of the molecule is CCOc1ccccc1N1CC[NH+](Cc2ccc(OC)cc2)CC1. The number of para-hydroxylation sites is 2. The lowest BCUT2D eigenvalue weighted by Gasteiger charge is -2.34. The molecule has 0 aliphatic carbocycles. The largest absolute Gasteiger partial charge is 0.497 e. The third kappa shape index (κ3) is 4.01. The van der Waals surface area contributed by atoms with Crippen molar-refractivity contribution in [2.24, 2.45) is 0 Å². The molecular weight excluding hydrogens is 300 g/mol. The number of hydrogen-bond donors (Lipinski definition) is 1. The molecule has 1 fully saturated rings. The van der Waals surface area contributed by atoms with Crippen molar-refractivity contribution in [3.05, 3.63) is 54.1 Å². The molecule has 0 spiro atoms. The van der Waals surface area contributed by atoms with E-state index in [1.165, 1.54) is 11.3 Å². The zero-order chi connectivity index (χ0) is 16.8. The summed E-state index contributed by atoms with van der Waals surface area (Å²) < 4.78 is 11.0. The number of benzene rings is 2. The van der Waals surface area contributed by atoms with Crippen LogP contribution in [0, 0.1) is 0 Å². The first-order valence-corrected chi connectivity index (χ1v) is 8.73. The summed E-state index contributed by atoms with van der Waals surface area (Å²) in [6.45, 7) is 8.24. The maximum atomic E-state index is 5.77. The third-order valence-electron chi connectivity index (χ3n) is 4.59. The molecule has 1 N–H and O–H groups in total. The molecule has 3 rings (SSSR count). The van der Waals surface area contributed by atoms with Gasteiger partial charge in [-0.05, 0) is 43.3 Å². The van der Waals surface area contributed by atoms with Crippen LogP contribution in [0.2, 0.25) is 0 Å². The van der Waals surface area contributed by atoms with Crippen molar-refractivity contribution in [2.75, 3.05) is 44.8 Å². The highest BCUT2D eigenvalue weighted by molar-refractivity contribution is 5.58. The summed E-state index contributed by atoms with van der Waals surface area (Å²) >= 11 is 0. The van der Waals surface area contributed by atoms with Gasteiger partial charge < -0.3 is 19.3 Å². The van der Waals surface area contributed by atoms with Gasteiger partial charge in [0.25, 0.3) is 0 Å². The van der Waals surface area contributed by atoms with E-state index in [2.05, 4.69) is 35.2 Å². The van der Waals surface area contributed by atoms with Crippen LogP contribution in [0.4, 0.5) is 5.69 Å². The van der Waals surface area contributed by atoms with Gasteiger partial charge in [0.2, 0.25) is 0 Å². The third-order valence-corrected chi connectivity index (χ3v) is 4.59. The van der Waals surface area contributed by atoms with Crippen molar-refractivity contribution < 1.29 is 14.4 Å². The first kappa shape index (κ1) is 16.7. The zero-order valence-corrected chi connectivity index (χ0v) is 14.6. The Morgan fingerprint density at radius 3 is 2.38 bits per heavy atom. The van der Waals surface area contributed by atoms with Crippen molar-refractivity contribution in [3.8, 4) is 11.5 Å². The Hall–Kier alpha value is -2.20. The van der Waals surface area contributed by atoms with Crippen LogP contribution in [-0.2, 0) is 6.54 Å². The Morgan fingerprint density at radius 2 is 1.71 bits per heavy atom. The lowest BCUT2D eigenvalue weighted by Crippen LogP contribution is -3.13. The number of hydrogen-bond acceptors (Lipinski definition) is 3. The van der Waals surface area contributed by atoms with Gasteiger partial charge >= 0.3 is 0 Å². The molecule has 2 aromatic carbocycles. The van der Waals surface area contributed by atoms with E-state index >= 15 is 0 Å². The minimum absolute atomic E-state index is 0.708. The summed E-state index contributed by atoms with van der Waals surface area (Å²) in [7, 11) is 1.71. The molecule has 1 heterocycles. The van der Waals surface area contributed by atoms with Crippen LogP contribution in [0.3, 0.4) is 0 Å². The zero-order valence-electron chi connectivity index (χ0n) is 14.6. The van der Waals surface area contributed by atoms with Gasteiger partial charge in [-0.25, -0.2) is 0 Å². The number of anilines is 1. The van der Waals surface area contributed by atoms with E-state index < -0.39 is 0 Å². The van der Waals surface area contributed by atoms with Crippen LogP contribution in [0.5, 0.6) is 11.5 Å². The predicted octanol–water partition coefficient (Wildman–Crippen LogP) is 2.00. The number of nitrogens with one attached hydrogen (secondary N) is 1. The highest BCUT2D eigenvalue weighted by atomic mass is 16.5. The van der Waals surface area contributed by atoms with E-state index in [1.54, 1.807) is 12.0 Å². The first-order valence-electron chi connectivity index (χ1n) is 8.73. The number of ether oxygens (including phenoxy) is 2. The molecule has 24 heavy (non-hydrogen) atoms. The van der Waals surface area contributed by atoms with E-state index in [0.29, 0.717) is 6.61 Å². The highest BCUT2D eigenvalue weighted by Crippen LogP contribution is 2.27. The molecule has 128 valence electrons.